The molecular weight excluding hydrogens is 467 g/mol. The number of alkyl halides is 3. The molecule has 3 aromatic rings. The fourth-order valence-electron chi connectivity index (χ4n) is 4.74. The zero-order chi connectivity index (χ0) is 24.7. The van der Waals surface area contributed by atoms with Gasteiger partial charge in [0.25, 0.3) is 5.91 Å². The number of halogens is 3. The van der Waals surface area contributed by atoms with E-state index in [0.29, 0.717) is 48.3 Å². The van der Waals surface area contributed by atoms with E-state index in [-0.39, 0.29) is 29.9 Å². The number of aromatic amines is 1. The van der Waals surface area contributed by atoms with Gasteiger partial charge in [0.05, 0.1) is 0 Å². The maximum absolute atomic E-state index is 12.9. The van der Waals surface area contributed by atoms with Gasteiger partial charge < -0.3 is 19.6 Å². The third-order valence-electron chi connectivity index (χ3n) is 6.53. The van der Waals surface area contributed by atoms with Gasteiger partial charge >= 0.3 is 12.3 Å². The zero-order valence-electron chi connectivity index (χ0n) is 18.4. The van der Waals surface area contributed by atoms with E-state index < -0.39 is 18.4 Å². The highest BCUT2D eigenvalue weighted by Gasteiger charge is 2.44. The number of amides is 2. The Hall–Kier alpha value is -3.67. The van der Waals surface area contributed by atoms with Crippen LogP contribution in [0.3, 0.4) is 0 Å². The molecule has 2 saturated heterocycles. The van der Waals surface area contributed by atoms with Gasteiger partial charge in [-0.25, -0.2) is 4.79 Å². The third kappa shape index (κ3) is 4.65. The van der Waals surface area contributed by atoms with Crippen molar-refractivity contribution in [2.75, 3.05) is 26.2 Å². The Morgan fingerprint density at radius 3 is 2.43 bits per heavy atom. The molecule has 184 valence electrons. The fourth-order valence-corrected chi connectivity index (χ4v) is 4.74. The fraction of sp³-hybridized carbons (Fsp3) is 0.391. The lowest BCUT2D eigenvalue weighted by atomic mass is 10.0. The Balaban J connectivity index is 1.14. The molecule has 35 heavy (non-hydrogen) atoms. The Labute approximate surface area is 197 Å². The number of benzene rings is 2. The van der Waals surface area contributed by atoms with Gasteiger partial charge in [0, 0.05) is 43.6 Å². The molecule has 9 nitrogen and oxygen atoms in total. The molecule has 0 bridgehead atoms. The van der Waals surface area contributed by atoms with Crippen LogP contribution < -0.4 is 0 Å². The van der Waals surface area contributed by atoms with Crippen LogP contribution in [0.5, 0.6) is 0 Å². The normalized spacial score (nSPS) is 20.8. The summed E-state index contributed by atoms with van der Waals surface area (Å²) >= 11 is 0. The minimum atomic E-state index is -4.78. The van der Waals surface area contributed by atoms with E-state index in [9.17, 15) is 27.9 Å². The number of rotatable bonds is 4. The average molecular weight is 489 g/mol. The number of ether oxygens (including phenoxy) is 1. The summed E-state index contributed by atoms with van der Waals surface area (Å²) < 4.78 is 43.5. The van der Waals surface area contributed by atoms with Crippen molar-refractivity contribution in [2.24, 2.45) is 11.8 Å². The summed E-state index contributed by atoms with van der Waals surface area (Å²) in [6, 6.07) is 10.4. The van der Waals surface area contributed by atoms with E-state index in [1.807, 2.05) is 0 Å². The number of carbonyl (C=O) groups is 2. The first-order valence-corrected chi connectivity index (χ1v) is 11.0. The van der Waals surface area contributed by atoms with Crippen molar-refractivity contribution in [3.8, 4) is 0 Å². The summed E-state index contributed by atoms with van der Waals surface area (Å²) in [4.78, 5) is 28.8. The molecule has 3 atom stereocenters. The summed E-state index contributed by atoms with van der Waals surface area (Å²) in [5.41, 5.74) is 1.86. The molecule has 2 fully saturated rings. The molecule has 5 rings (SSSR count). The van der Waals surface area contributed by atoms with Crippen LogP contribution in [-0.2, 0) is 11.3 Å². The third-order valence-corrected chi connectivity index (χ3v) is 6.53. The Kier molecular flexibility index (Phi) is 5.83. The van der Waals surface area contributed by atoms with E-state index in [0.717, 1.165) is 0 Å². The number of hydrogen-bond donors (Lipinski definition) is 2. The molecule has 0 radical (unpaired) electrons. The van der Waals surface area contributed by atoms with Crippen molar-refractivity contribution >= 4 is 23.0 Å². The number of likely N-dealkylation sites (tertiary alicyclic amines) is 2. The van der Waals surface area contributed by atoms with Crippen molar-refractivity contribution in [1.82, 2.24) is 25.2 Å². The van der Waals surface area contributed by atoms with Crippen LogP contribution in [0.1, 0.15) is 27.6 Å². The first-order chi connectivity index (χ1) is 16.7. The van der Waals surface area contributed by atoms with Gasteiger partial charge in [-0.2, -0.15) is 28.6 Å². The Morgan fingerprint density at radius 1 is 1.03 bits per heavy atom. The highest BCUT2D eigenvalue weighted by Crippen LogP contribution is 2.34. The minimum absolute atomic E-state index is 0.0978. The predicted octanol–water partition coefficient (Wildman–Crippen LogP) is 2.89. The van der Waals surface area contributed by atoms with Crippen LogP contribution in [0.15, 0.2) is 42.5 Å². The molecule has 2 aliphatic heterocycles. The maximum Gasteiger partial charge on any atom is 0.418 e. The molecule has 0 aliphatic carbocycles. The lowest BCUT2D eigenvalue weighted by molar-refractivity contribution is -0.206. The smallest absolute Gasteiger partial charge is 0.418 e. The second-order valence-corrected chi connectivity index (χ2v) is 8.91. The Bertz CT molecular complexity index is 1250. The maximum atomic E-state index is 12.9. The number of aromatic nitrogens is 3. The van der Waals surface area contributed by atoms with Crippen LogP contribution in [0.2, 0.25) is 0 Å². The van der Waals surface area contributed by atoms with Crippen molar-refractivity contribution in [3.05, 3.63) is 59.2 Å². The molecule has 0 spiro atoms. The summed E-state index contributed by atoms with van der Waals surface area (Å²) in [7, 11) is 0. The van der Waals surface area contributed by atoms with Gasteiger partial charge in [0.1, 0.15) is 17.6 Å². The quantitative estimate of drug-likeness (QED) is 0.583. The zero-order valence-corrected chi connectivity index (χ0v) is 18.4. The predicted molar refractivity (Wildman–Crippen MR) is 116 cm³/mol. The van der Waals surface area contributed by atoms with E-state index in [1.54, 1.807) is 28.0 Å². The van der Waals surface area contributed by atoms with Gasteiger partial charge in [0.15, 0.2) is 6.10 Å². The van der Waals surface area contributed by atoms with Gasteiger partial charge in [-0.3, -0.25) is 4.79 Å². The van der Waals surface area contributed by atoms with Crippen molar-refractivity contribution in [3.63, 3.8) is 0 Å². The standard InChI is InChI=1S/C23H22F3N5O4/c24-23(25,26)20(32)14-3-1-2-13(6-14)12-35-22(34)31-10-16-8-30(9-17(16)11-31)21(33)15-4-5-18-19(7-15)28-29-27-18/h1-7,16-17,20,32H,8-12H2,(H,27,28,29). The molecule has 3 heterocycles. The summed E-state index contributed by atoms with van der Waals surface area (Å²) in [5, 5.41) is 19.9. The molecule has 1 aromatic heterocycles. The monoisotopic (exact) mass is 489 g/mol. The van der Waals surface area contributed by atoms with Crippen molar-refractivity contribution in [1.29, 1.82) is 0 Å². The number of H-pyrrole nitrogens is 1. The van der Waals surface area contributed by atoms with Gasteiger partial charge in [-0.15, -0.1) is 0 Å². The summed E-state index contributed by atoms with van der Waals surface area (Å²) in [6.07, 6.45) is -7.93. The van der Waals surface area contributed by atoms with Gasteiger partial charge in [-0.05, 0) is 35.4 Å². The number of nitrogens with zero attached hydrogens (tertiary/aromatic N) is 4. The first-order valence-electron chi connectivity index (χ1n) is 11.0. The molecule has 12 heteroatoms. The van der Waals surface area contributed by atoms with Crippen LogP contribution >= 0.6 is 0 Å². The van der Waals surface area contributed by atoms with E-state index in [4.69, 9.17) is 4.74 Å². The van der Waals surface area contributed by atoms with E-state index in [1.165, 1.54) is 24.3 Å². The molecule has 3 unspecified atom stereocenters. The van der Waals surface area contributed by atoms with Crippen LogP contribution in [0, 0.1) is 11.8 Å². The highest BCUT2D eigenvalue weighted by atomic mass is 19.4. The van der Waals surface area contributed by atoms with Crippen molar-refractivity contribution in [2.45, 2.75) is 18.9 Å². The van der Waals surface area contributed by atoms with Crippen molar-refractivity contribution < 1.29 is 32.6 Å². The van der Waals surface area contributed by atoms with Gasteiger partial charge in [0.2, 0.25) is 0 Å². The Morgan fingerprint density at radius 2 is 1.71 bits per heavy atom. The topological polar surface area (TPSA) is 112 Å². The second kappa shape index (κ2) is 8.84. The molecular formula is C23H22F3N5O4. The average Bonchev–Trinajstić information content (AvgIpc) is 3.55. The molecule has 2 aromatic carbocycles. The largest absolute Gasteiger partial charge is 0.445 e. The molecule has 2 N–H and O–H groups in total. The number of fused-ring (bicyclic) bond motifs is 2. The number of hydrogen-bond acceptors (Lipinski definition) is 6. The highest BCUT2D eigenvalue weighted by molar-refractivity contribution is 5.97. The minimum Gasteiger partial charge on any atom is -0.445 e. The lowest BCUT2D eigenvalue weighted by Crippen LogP contribution is -2.35. The van der Waals surface area contributed by atoms with E-state index >= 15 is 0 Å². The number of aliphatic hydroxyl groups is 1. The summed E-state index contributed by atoms with van der Waals surface area (Å²) in [5.74, 6) is 0.138. The van der Waals surface area contributed by atoms with Gasteiger partial charge in [-0.1, -0.05) is 18.2 Å². The number of nitrogens with one attached hydrogen (secondary N) is 1. The SMILES string of the molecule is O=C(OCc1cccc(C(O)C(F)(F)F)c1)N1CC2CN(C(=O)c3ccc4n[nH]nc4c3)CC2C1. The van der Waals surface area contributed by atoms with Crippen LogP contribution in [0.25, 0.3) is 11.0 Å². The number of aliphatic hydroxyl groups excluding tert-OH is 1. The number of carbonyl (C=O) groups excluding carboxylic acids is 2. The van der Waals surface area contributed by atoms with Crippen LogP contribution in [0.4, 0.5) is 18.0 Å². The molecule has 0 saturated carbocycles. The van der Waals surface area contributed by atoms with Crippen LogP contribution in [-0.4, -0.2) is 74.7 Å². The lowest BCUT2D eigenvalue weighted by Gasteiger charge is -2.22. The van der Waals surface area contributed by atoms with E-state index in [2.05, 4.69) is 15.4 Å². The first kappa shape index (κ1) is 23.1. The molecule has 2 aliphatic rings. The second-order valence-electron chi connectivity index (χ2n) is 8.91. The summed E-state index contributed by atoms with van der Waals surface area (Å²) in [6.45, 7) is 1.69. The molecule has 2 amide bonds.